The lowest BCUT2D eigenvalue weighted by molar-refractivity contribution is -0.384. The van der Waals surface area contributed by atoms with Crippen molar-refractivity contribution in [3.05, 3.63) is 39.9 Å². The van der Waals surface area contributed by atoms with Crippen LogP contribution in [-0.4, -0.2) is 23.5 Å². The standard InChI is InChI=1S/C10H10N2O3/c1-7-6-15-10(11-7)8-2-4-9(5-3-8)12(13)14/h2-5,7H,6H2,1H3/t7-/m1/s1. The molecule has 0 unspecified atom stereocenters. The Kier molecular flexibility index (Phi) is 2.37. The highest BCUT2D eigenvalue weighted by atomic mass is 16.6. The van der Waals surface area contributed by atoms with E-state index >= 15 is 0 Å². The summed E-state index contributed by atoms with van der Waals surface area (Å²) in [7, 11) is 0. The van der Waals surface area contributed by atoms with Crippen molar-refractivity contribution in [1.29, 1.82) is 0 Å². The molecule has 0 aliphatic carbocycles. The van der Waals surface area contributed by atoms with Gasteiger partial charge in [-0.25, -0.2) is 4.99 Å². The summed E-state index contributed by atoms with van der Waals surface area (Å²) in [5, 5.41) is 10.4. The van der Waals surface area contributed by atoms with E-state index in [1.807, 2.05) is 6.92 Å². The summed E-state index contributed by atoms with van der Waals surface area (Å²) in [5.41, 5.74) is 0.857. The third-order valence-corrected chi connectivity index (χ3v) is 2.12. The topological polar surface area (TPSA) is 64.7 Å². The molecule has 0 radical (unpaired) electrons. The fraction of sp³-hybridized carbons (Fsp3) is 0.300. The number of rotatable bonds is 2. The predicted molar refractivity (Wildman–Crippen MR) is 55.0 cm³/mol. The zero-order valence-electron chi connectivity index (χ0n) is 8.21. The lowest BCUT2D eigenvalue weighted by Gasteiger charge is -2.00. The summed E-state index contributed by atoms with van der Waals surface area (Å²) in [6.07, 6.45) is 0. The minimum atomic E-state index is -0.427. The van der Waals surface area contributed by atoms with E-state index in [1.165, 1.54) is 12.1 Å². The number of hydrogen-bond donors (Lipinski definition) is 0. The number of nitrogens with zero attached hydrogens (tertiary/aromatic N) is 2. The van der Waals surface area contributed by atoms with Gasteiger partial charge in [-0.15, -0.1) is 0 Å². The number of nitro groups is 1. The Hall–Kier alpha value is -1.91. The molecule has 0 N–H and O–H groups in total. The Morgan fingerprint density at radius 2 is 2.13 bits per heavy atom. The van der Waals surface area contributed by atoms with Gasteiger partial charge in [0.1, 0.15) is 6.61 Å². The van der Waals surface area contributed by atoms with Crippen LogP contribution in [-0.2, 0) is 4.74 Å². The molecule has 0 saturated heterocycles. The van der Waals surface area contributed by atoms with Crippen LogP contribution in [0.1, 0.15) is 12.5 Å². The van der Waals surface area contributed by atoms with Crippen molar-refractivity contribution in [3.63, 3.8) is 0 Å². The molecule has 0 fully saturated rings. The molecule has 0 bridgehead atoms. The van der Waals surface area contributed by atoms with Crippen LogP contribution in [0.15, 0.2) is 29.3 Å². The van der Waals surface area contributed by atoms with Crippen molar-refractivity contribution >= 4 is 11.6 Å². The minimum Gasteiger partial charge on any atom is -0.475 e. The van der Waals surface area contributed by atoms with Crippen LogP contribution < -0.4 is 0 Å². The van der Waals surface area contributed by atoms with E-state index in [1.54, 1.807) is 12.1 Å². The molecule has 2 rings (SSSR count). The molecule has 1 aliphatic rings. The summed E-state index contributed by atoms with van der Waals surface area (Å²) in [4.78, 5) is 14.3. The van der Waals surface area contributed by atoms with Crippen LogP contribution in [0.25, 0.3) is 0 Å². The van der Waals surface area contributed by atoms with Gasteiger partial charge in [0.25, 0.3) is 5.69 Å². The van der Waals surface area contributed by atoms with Crippen LogP contribution >= 0.6 is 0 Å². The fourth-order valence-corrected chi connectivity index (χ4v) is 1.36. The van der Waals surface area contributed by atoms with E-state index in [-0.39, 0.29) is 11.7 Å². The summed E-state index contributed by atoms with van der Waals surface area (Å²) in [6, 6.07) is 6.36. The Morgan fingerprint density at radius 1 is 1.47 bits per heavy atom. The van der Waals surface area contributed by atoms with Crippen LogP contribution in [0.3, 0.4) is 0 Å². The van der Waals surface area contributed by atoms with Crippen molar-refractivity contribution in [2.45, 2.75) is 13.0 Å². The first-order valence-electron chi connectivity index (χ1n) is 4.62. The second-order valence-corrected chi connectivity index (χ2v) is 3.40. The van der Waals surface area contributed by atoms with Gasteiger partial charge in [0.05, 0.1) is 11.0 Å². The molecule has 0 spiro atoms. The average Bonchev–Trinajstić information content (AvgIpc) is 2.65. The third kappa shape index (κ3) is 1.96. The third-order valence-electron chi connectivity index (χ3n) is 2.12. The Balaban J connectivity index is 2.24. The highest BCUT2D eigenvalue weighted by Gasteiger charge is 2.16. The van der Waals surface area contributed by atoms with Gasteiger partial charge in [0.2, 0.25) is 5.90 Å². The smallest absolute Gasteiger partial charge is 0.269 e. The van der Waals surface area contributed by atoms with Crippen LogP contribution in [0.2, 0.25) is 0 Å². The van der Waals surface area contributed by atoms with E-state index in [9.17, 15) is 10.1 Å². The molecule has 0 saturated carbocycles. The normalized spacial score (nSPS) is 19.5. The largest absolute Gasteiger partial charge is 0.475 e. The maximum Gasteiger partial charge on any atom is 0.269 e. The first-order valence-corrected chi connectivity index (χ1v) is 4.62. The summed E-state index contributed by atoms with van der Waals surface area (Å²) in [5.74, 6) is 0.567. The van der Waals surface area contributed by atoms with Crippen LogP contribution in [0, 0.1) is 10.1 Å². The minimum absolute atomic E-state index is 0.0744. The van der Waals surface area contributed by atoms with Gasteiger partial charge in [0, 0.05) is 17.7 Å². The lowest BCUT2D eigenvalue weighted by atomic mass is 10.2. The zero-order chi connectivity index (χ0) is 10.8. The molecule has 78 valence electrons. The van der Waals surface area contributed by atoms with Gasteiger partial charge < -0.3 is 4.74 Å². The lowest BCUT2D eigenvalue weighted by Crippen LogP contribution is -2.01. The zero-order valence-corrected chi connectivity index (χ0v) is 8.21. The molecule has 1 aromatic carbocycles. The van der Waals surface area contributed by atoms with E-state index in [4.69, 9.17) is 4.74 Å². The molecule has 1 aromatic rings. The van der Waals surface area contributed by atoms with E-state index in [0.717, 1.165) is 5.56 Å². The predicted octanol–water partition coefficient (Wildman–Crippen LogP) is 1.76. The van der Waals surface area contributed by atoms with E-state index < -0.39 is 4.92 Å². The average molecular weight is 206 g/mol. The van der Waals surface area contributed by atoms with Gasteiger partial charge in [-0.2, -0.15) is 0 Å². The molecule has 5 nitrogen and oxygen atoms in total. The maximum atomic E-state index is 10.4. The molecule has 5 heteroatoms. The van der Waals surface area contributed by atoms with Crippen molar-refractivity contribution in [2.24, 2.45) is 4.99 Å². The monoisotopic (exact) mass is 206 g/mol. The van der Waals surface area contributed by atoms with Gasteiger partial charge >= 0.3 is 0 Å². The van der Waals surface area contributed by atoms with Crippen LogP contribution in [0.4, 0.5) is 5.69 Å². The molecule has 15 heavy (non-hydrogen) atoms. The molecular weight excluding hydrogens is 196 g/mol. The first-order chi connectivity index (χ1) is 7.16. The van der Waals surface area contributed by atoms with Gasteiger partial charge in [-0.1, -0.05) is 0 Å². The number of hydrogen-bond acceptors (Lipinski definition) is 4. The Bertz CT molecular complexity index is 411. The summed E-state index contributed by atoms with van der Waals surface area (Å²) >= 11 is 0. The van der Waals surface area contributed by atoms with Crippen molar-refractivity contribution in [1.82, 2.24) is 0 Å². The van der Waals surface area contributed by atoms with Crippen molar-refractivity contribution in [2.75, 3.05) is 6.61 Å². The number of ether oxygens (including phenoxy) is 1. The molecule has 1 aliphatic heterocycles. The van der Waals surface area contributed by atoms with Gasteiger partial charge in [-0.3, -0.25) is 10.1 Å². The molecule has 1 atom stereocenters. The summed E-state index contributed by atoms with van der Waals surface area (Å²) in [6.45, 7) is 2.53. The highest BCUT2D eigenvalue weighted by Crippen LogP contribution is 2.16. The molecule has 1 heterocycles. The summed E-state index contributed by atoms with van der Waals surface area (Å²) < 4.78 is 5.33. The van der Waals surface area contributed by atoms with E-state index in [2.05, 4.69) is 4.99 Å². The fourth-order valence-electron chi connectivity index (χ4n) is 1.36. The highest BCUT2D eigenvalue weighted by molar-refractivity contribution is 5.95. The molecule has 0 amide bonds. The quantitative estimate of drug-likeness (QED) is 0.547. The maximum absolute atomic E-state index is 10.4. The van der Waals surface area contributed by atoms with Gasteiger partial charge in [0.15, 0.2) is 0 Å². The molecular formula is C10H10N2O3. The Morgan fingerprint density at radius 3 is 2.60 bits per heavy atom. The first kappa shape index (κ1) is 9.64. The van der Waals surface area contributed by atoms with E-state index in [0.29, 0.717) is 12.5 Å². The number of nitro benzene ring substituents is 1. The number of benzene rings is 1. The Labute approximate surface area is 86.5 Å². The SMILES string of the molecule is C[C@@H]1COC(c2ccc([N+](=O)[O-])cc2)=N1. The second-order valence-electron chi connectivity index (χ2n) is 3.40. The number of non-ortho nitro benzene ring substituents is 1. The number of aliphatic imine (C=N–C) groups is 1. The van der Waals surface area contributed by atoms with Crippen molar-refractivity contribution < 1.29 is 9.66 Å². The van der Waals surface area contributed by atoms with Crippen molar-refractivity contribution in [3.8, 4) is 0 Å². The second kappa shape index (κ2) is 3.68. The van der Waals surface area contributed by atoms with Gasteiger partial charge in [-0.05, 0) is 19.1 Å². The van der Waals surface area contributed by atoms with Crippen LogP contribution in [0.5, 0.6) is 0 Å². The molecule has 0 aromatic heterocycles.